The standard InChI is InChI=1S/C14H20N4O2S/c1-18(10-12-9-16-4-6-20-12)5-2-13(19)17-14-11(8-15)3-7-21-14/h3,7,12,16H,2,4-6,9-10H2,1H3,(H,17,19). The second kappa shape index (κ2) is 8.10. The minimum Gasteiger partial charge on any atom is -0.374 e. The minimum absolute atomic E-state index is 0.0662. The molecule has 0 spiro atoms. The molecule has 1 aromatic rings. The van der Waals surface area contributed by atoms with E-state index in [9.17, 15) is 4.79 Å². The molecule has 1 saturated heterocycles. The number of nitrogens with one attached hydrogen (secondary N) is 2. The molecule has 0 bridgehead atoms. The Balaban J connectivity index is 1.69. The first kappa shape index (κ1) is 15.9. The van der Waals surface area contributed by atoms with Gasteiger partial charge < -0.3 is 20.3 Å². The van der Waals surface area contributed by atoms with E-state index in [2.05, 4.69) is 21.6 Å². The molecule has 2 heterocycles. The van der Waals surface area contributed by atoms with Crippen LogP contribution >= 0.6 is 11.3 Å². The summed E-state index contributed by atoms with van der Waals surface area (Å²) >= 11 is 1.37. The predicted octanol–water partition coefficient (Wildman–Crippen LogP) is 0.869. The number of hydrogen-bond donors (Lipinski definition) is 2. The van der Waals surface area contributed by atoms with Gasteiger partial charge in [-0.15, -0.1) is 11.3 Å². The van der Waals surface area contributed by atoms with Crippen LogP contribution in [-0.4, -0.2) is 56.7 Å². The molecule has 0 aromatic carbocycles. The molecule has 6 nitrogen and oxygen atoms in total. The second-order valence-electron chi connectivity index (χ2n) is 5.03. The Labute approximate surface area is 128 Å². The molecule has 1 aromatic heterocycles. The maximum atomic E-state index is 11.9. The van der Waals surface area contributed by atoms with Gasteiger partial charge in [-0.1, -0.05) is 0 Å². The molecule has 21 heavy (non-hydrogen) atoms. The highest BCUT2D eigenvalue weighted by atomic mass is 32.1. The molecular weight excluding hydrogens is 288 g/mol. The predicted molar refractivity (Wildman–Crippen MR) is 82.4 cm³/mol. The number of ether oxygens (including phenoxy) is 1. The lowest BCUT2D eigenvalue weighted by Gasteiger charge is -2.27. The molecule has 114 valence electrons. The van der Waals surface area contributed by atoms with Gasteiger partial charge in [0, 0.05) is 32.6 Å². The van der Waals surface area contributed by atoms with Crippen LogP contribution in [0.25, 0.3) is 0 Å². The van der Waals surface area contributed by atoms with Crippen molar-refractivity contribution in [2.45, 2.75) is 12.5 Å². The van der Waals surface area contributed by atoms with Gasteiger partial charge in [0.15, 0.2) is 0 Å². The Morgan fingerprint density at radius 1 is 1.71 bits per heavy atom. The number of morpholine rings is 1. The van der Waals surface area contributed by atoms with Crippen LogP contribution in [0.2, 0.25) is 0 Å². The number of carbonyl (C=O) groups is 1. The molecule has 2 rings (SSSR count). The van der Waals surface area contributed by atoms with E-state index in [4.69, 9.17) is 10.00 Å². The Morgan fingerprint density at radius 2 is 2.57 bits per heavy atom. The normalized spacial score (nSPS) is 18.4. The van der Waals surface area contributed by atoms with Gasteiger partial charge in [0.05, 0.1) is 18.3 Å². The number of thiophene rings is 1. The van der Waals surface area contributed by atoms with Gasteiger partial charge in [-0.3, -0.25) is 4.79 Å². The maximum Gasteiger partial charge on any atom is 0.226 e. The van der Waals surface area contributed by atoms with Crippen LogP contribution in [0.15, 0.2) is 11.4 Å². The molecule has 1 aliphatic rings. The highest BCUT2D eigenvalue weighted by molar-refractivity contribution is 7.14. The smallest absolute Gasteiger partial charge is 0.226 e. The lowest BCUT2D eigenvalue weighted by atomic mass is 10.2. The maximum absolute atomic E-state index is 11.9. The van der Waals surface area contributed by atoms with E-state index < -0.39 is 0 Å². The molecule has 1 amide bonds. The number of nitrogens with zero attached hydrogens (tertiary/aromatic N) is 2. The van der Waals surface area contributed by atoms with Crippen molar-refractivity contribution in [3.63, 3.8) is 0 Å². The van der Waals surface area contributed by atoms with Gasteiger partial charge in [0.1, 0.15) is 11.1 Å². The van der Waals surface area contributed by atoms with E-state index in [0.717, 1.165) is 26.2 Å². The summed E-state index contributed by atoms with van der Waals surface area (Å²) in [6.07, 6.45) is 0.591. The van der Waals surface area contributed by atoms with Crippen molar-refractivity contribution < 1.29 is 9.53 Å². The van der Waals surface area contributed by atoms with Crippen molar-refractivity contribution >= 4 is 22.2 Å². The Hall–Kier alpha value is -1.46. The Morgan fingerprint density at radius 3 is 3.29 bits per heavy atom. The van der Waals surface area contributed by atoms with Crippen LogP contribution < -0.4 is 10.6 Å². The molecule has 1 fully saturated rings. The quantitative estimate of drug-likeness (QED) is 0.815. The first-order valence-corrected chi connectivity index (χ1v) is 7.85. The van der Waals surface area contributed by atoms with Crippen LogP contribution in [0, 0.1) is 11.3 Å². The minimum atomic E-state index is -0.0662. The van der Waals surface area contributed by atoms with Crippen molar-refractivity contribution in [2.24, 2.45) is 0 Å². The van der Waals surface area contributed by atoms with Crippen molar-refractivity contribution in [1.29, 1.82) is 5.26 Å². The number of nitriles is 1. The largest absolute Gasteiger partial charge is 0.374 e. The van der Waals surface area contributed by atoms with Crippen molar-refractivity contribution in [3.8, 4) is 6.07 Å². The van der Waals surface area contributed by atoms with E-state index in [1.54, 1.807) is 11.4 Å². The number of anilines is 1. The zero-order chi connectivity index (χ0) is 15.1. The molecule has 1 unspecified atom stereocenters. The average Bonchev–Trinajstić information content (AvgIpc) is 2.93. The van der Waals surface area contributed by atoms with Gasteiger partial charge in [0.2, 0.25) is 5.91 Å². The zero-order valence-corrected chi connectivity index (χ0v) is 12.9. The van der Waals surface area contributed by atoms with E-state index in [1.807, 2.05) is 7.05 Å². The fourth-order valence-electron chi connectivity index (χ4n) is 2.15. The number of hydrogen-bond acceptors (Lipinski definition) is 6. The van der Waals surface area contributed by atoms with Crippen molar-refractivity contribution in [1.82, 2.24) is 10.2 Å². The molecular formula is C14H20N4O2S. The summed E-state index contributed by atoms with van der Waals surface area (Å²) in [5.41, 5.74) is 0.517. The lowest BCUT2D eigenvalue weighted by Crippen LogP contribution is -2.44. The molecule has 1 atom stereocenters. The van der Waals surface area contributed by atoms with Gasteiger partial charge >= 0.3 is 0 Å². The SMILES string of the molecule is CN(CCC(=O)Nc1sccc1C#N)CC1CNCCO1. The number of amides is 1. The van der Waals surface area contributed by atoms with E-state index in [0.29, 0.717) is 23.5 Å². The molecule has 1 aliphatic heterocycles. The fraction of sp³-hybridized carbons (Fsp3) is 0.571. The average molecular weight is 308 g/mol. The van der Waals surface area contributed by atoms with Gasteiger partial charge in [-0.05, 0) is 18.5 Å². The Kier molecular flexibility index (Phi) is 6.14. The molecule has 7 heteroatoms. The molecule has 2 N–H and O–H groups in total. The summed E-state index contributed by atoms with van der Waals surface area (Å²) < 4.78 is 5.63. The third kappa shape index (κ3) is 5.10. The summed E-state index contributed by atoms with van der Waals surface area (Å²) in [6.45, 7) is 3.98. The van der Waals surface area contributed by atoms with Crippen LogP contribution in [-0.2, 0) is 9.53 Å². The topological polar surface area (TPSA) is 77.4 Å². The van der Waals surface area contributed by atoms with Crippen LogP contribution in [0.1, 0.15) is 12.0 Å². The molecule has 0 saturated carbocycles. The third-order valence-corrected chi connectivity index (χ3v) is 4.11. The monoisotopic (exact) mass is 308 g/mol. The van der Waals surface area contributed by atoms with E-state index in [1.165, 1.54) is 11.3 Å². The zero-order valence-electron chi connectivity index (χ0n) is 12.1. The second-order valence-corrected chi connectivity index (χ2v) is 5.95. The van der Waals surface area contributed by atoms with Crippen molar-refractivity contribution in [2.75, 3.05) is 45.2 Å². The number of rotatable bonds is 6. The first-order valence-electron chi connectivity index (χ1n) is 6.97. The summed E-state index contributed by atoms with van der Waals surface area (Å²) in [5, 5.41) is 17.4. The summed E-state index contributed by atoms with van der Waals surface area (Å²) in [5.74, 6) is -0.0662. The van der Waals surface area contributed by atoms with Crippen LogP contribution in [0.5, 0.6) is 0 Å². The van der Waals surface area contributed by atoms with Gasteiger partial charge in [-0.25, -0.2) is 0 Å². The first-order chi connectivity index (χ1) is 10.2. The summed E-state index contributed by atoms with van der Waals surface area (Å²) in [7, 11) is 1.98. The lowest BCUT2D eigenvalue weighted by molar-refractivity contribution is -0.116. The molecule has 0 radical (unpaired) electrons. The van der Waals surface area contributed by atoms with Gasteiger partial charge in [-0.2, -0.15) is 5.26 Å². The van der Waals surface area contributed by atoms with Crippen LogP contribution in [0.3, 0.4) is 0 Å². The van der Waals surface area contributed by atoms with Crippen molar-refractivity contribution in [3.05, 3.63) is 17.0 Å². The fourth-order valence-corrected chi connectivity index (χ4v) is 2.91. The number of carbonyl (C=O) groups excluding carboxylic acids is 1. The summed E-state index contributed by atoms with van der Waals surface area (Å²) in [4.78, 5) is 14.0. The number of likely N-dealkylation sites (N-methyl/N-ethyl adjacent to an activating group) is 1. The highest BCUT2D eigenvalue weighted by Gasteiger charge is 2.16. The molecule has 0 aliphatic carbocycles. The van der Waals surface area contributed by atoms with E-state index >= 15 is 0 Å². The van der Waals surface area contributed by atoms with Gasteiger partial charge in [0.25, 0.3) is 0 Å². The third-order valence-electron chi connectivity index (χ3n) is 3.28. The Bertz CT molecular complexity index is 505. The van der Waals surface area contributed by atoms with E-state index in [-0.39, 0.29) is 12.0 Å². The summed E-state index contributed by atoms with van der Waals surface area (Å²) in [6, 6.07) is 3.77. The van der Waals surface area contributed by atoms with Crippen LogP contribution in [0.4, 0.5) is 5.00 Å². The highest BCUT2D eigenvalue weighted by Crippen LogP contribution is 2.22.